The summed E-state index contributed by atoms with van der Waals surface area (Å²) in [5.41, 5.74) is 1.02. The van der Waals surface area contributed by atoms with Crippen LogP contribution in [0.15, 0.2) is 47.4 Å². The smallest absolute Gasteiger partial charge is 0.493 e. The van der Waals surface area contributed by atoms with Gasteiger partial charge in [-0.25, -0.2) is 8.42 Å². The zero-order valence-electron chi connectivity index (χ0n) is 18.8. The first-order chi connectivity index (χ1) is 15.4. The molecule has 3 rings (SSSR count). The van der Waals surface area contributed by atoms with Gasteiger partial charge in [0.25, 0.3) is 0 Å². The van der Waals surface area contributed by atoms with Gasteiger partial charge in [0, 0.05) is 13.1 Å². The number of nitrogens with zero attached hydrogens (tertiary/aromatic N) is 1. The summed E-state index contributed by atoms with van der Waals surface area (Å²) in [4.78, 5) is 1.98. The van der Waals surface area contributed by atoms with Crippen molar-refractivity contribution < 1.29 is 35.8 Å². The number of benzene rings is 2. The van der Waals surface area contributed by atoms with E-state index in [4.69, 9.17) is 9.47 Å². The second-order valence-electron chi connectivity index (χ2n) is 8.35. The SMILES string of the molecule is COc1cc(CN2CC[C@@H](CS(=O)(=O)c3cccc(OC(F)(F)F)c3)C2)ccc1OC(C)C. The van der Waals surface area contributed by atoms with Crippen molar-refractivity contribution in [3.63, 3.8) is 0 Å². The Morgan fingerprint density at radius 1 is 1.12 bits per heavy atom. The summed E-state index contributed by atoms with van der Waals surface area (Å²) in [6.45, 7) is 5.80. The summed E-state index contributed by atoms with van der Waals surface area (Å²) in [5, 5.41) is 0. The quantitative estimate of drug-likeness (QED) is 0.512. The molecule has 1 saturated heterocycles. The molecular weight excluding hydrogens is 459 g/mol. The molecule has 0 amide bonds. The minimum Gasteiger partial charge on any atom is -0.493 e. The van der Waals surface area contributed by atoms with E-state index in [2.05, 4.69) is 9.64 Å². The topological polar surface area (TPSA) is 65.1 Å². The Morgan fingerprint density at radius 2 is 1.88 bits per heavy atom. The van der Waals surface area contributed by atoms with Gasteiger partial charge in [0.2, 0.25) is 0 Å². The fourth-order valence-corrected chi connectivity index (χ4v) is 5.55. The van der Waals surface area contributed by atoms with Crippen LogP contribution in [0.1, 0.15) is 25.8 Å². The molecule has 0 aromatic heterocycles. The minimum atomic E-state index is -4.88. The highest BCUT2D eigenvalue weighted by Crippen LogP contribution is 2.31. The number of rotatable bonds is 9. The lowest BCUT2D eigenvalue weighted by Gasteiger charge is -2.18. The van der Waals surface area contributed by atoms with Gasteiger partial charge in [0.05, 0.1) is 23.9 Å². The van der Waals surface area contributed by atoms with Crippen LogP contribution < -0.4 is 14.2 Å². The highest BCUT2D eigenvalue weighted by molar-refractivity contribution is 7.91. The van der Waals surface area contributed by atoms with Gasteiger partial charge in [-0.05, 0) is 68.6 Å². The molecule has 2 aromatic carbocycles. The number of ether oxygens (including phenoxy) is 3. The summed E-state index contributed by atoms with van der Waals surface area (Å²) in [7, 11) is -2.18. The normalized spacial score (nSPS) is 17.4. The van der Waals surface area contributed by atoms with E-state index in [0.29, 0.717) is 31.0 Å². The molecule has 1 heterocycles. The third-order valence-electron chi connectivity index (χ3n) is 5.22. The largest absolute Gasteiger partial charge is 0.573 e. The van der Waals surface area contributed by atoms with Crippen molar-refractivity contribution >= 4 is 9.84 Å². The first kappa shape index (κ1) is 25.2. The lowest BCUT2D eigenvalue weighted by molar-refractivity contribution is -0.274. The van der Waals surface area contributed by atoms with Gasteiger partial charge < -0.3 is 14.2 Å². The number of hydrogen-bond donors (Lipinski definition) is 0. The maximum Gasteiger partial charge on any atom is 0.573 e. The molecule has 0 saturated carbocycles. The maximum absolute atomic E-state index is 12.8. The van der Waals surface area contributed by atoms with Crippen LogP contribution in [0.25, 0.3) is 0 Å². The third kappa shape index (κ3) is 7.26. The molecule has 6 nitrogen and oxygen atoms in total. The Kier molecular flexibility index (Phi) is 7.79. The molecular formula is C23H28F3NO5S. The fraction of sp³-hybridized carbons (Fsp3) is 0.478. The fourth-order valence-electron chi connectivity index (χ4n) is 3.88. The van der Waals surface area contributed by atoms with E-state index in [1.54, 1.807) is 7.11 Å². The molecule has 0 bridgehead atoms. The van der Waals surface area contributed by atoms with E-state index in [1.807, 2.05) is 32.0 Å². The summed E-state index contributed by atoms with van der Waals surface area (Å²) >= 11 is 0. The summed E-state index contributed by atoms with van der Waals surface area (Å²) in [5.74, 6) is 0.505. The van der Waals surface area contributed by atoms with E-state index in [9.17, 15) is 21.6 Å². The van der Waals surface area contributed by atoms with Gasteiger partial charge in [-0.3, -0.25) is 4.90 Å². The Bertz CT molecular complexity index is 1060. The second-order valence-corrected chi connectivity index (χ2v) is 10.4. The van der Waals surface area contributed by atoms with Crippen LogP contribution in [0, 0.1) is 5.92 Å². The standard InChI is InChI=1S/C23H28F3NO5S/c1-16(2)31-21-8-7-17(11-22(21)30-3)13-27-10-9-18(14-27)15-33(28,29)20-6-4-5-19(12-20)32-23(24,25)26/h4-8,11-12,16,18H,9-10,13-15H2,1-3H3/t18-/m1/s1. The molecule has 1 aliphatic rings. The predicted octanol–water partition coefficient (Wildman–Crippen LogP) is 4.68. The van der Waals surface area contributed by atoms with Gasteiger partial charge >= 0.3 is 6.36 Å². The Labute approximate surface area is 192 Å². The van der Waals surface area contributed by atoms with Gasteiger partial charge in [-0.1, -0.05) is 12.1 Å². The highest BCUT2D eigenvalue weighted by atomic mass is 32.2. The van der Waals surface area contributed by atoms with Crippen molar-refractivity contribution in [2.75, 3.05) is 26.0 Å². The van der Waals surface area contributed by atoms with Gasteiger partial charge in [-0.2, -0.15) is 0 Å². The van der Waals surface area contributed by atoms with Crippen LogP contribution in [0.3, 0.4) is 0 Å². The number of likely N-dealkylation sites (tertiary alicyclic amines) is 1. The summed E-state index contributed by atoms with van der Waals surface area (Å²) < 4.78 is 78.0. The zero-order chi connectivity index (χ0) is 24.2. The molecule has 0 aliphatic carbocycles. The van der Waals surface area contributed by atoms with Crippen LogP contribution in [0.5, 0.6) is 17.2 Å². The van der Waals surface area contributed by atoms with Gasteiger partial charge in [-0.15, -0.1) is 13.2 Å². The van der Waals surface area contributed by atoms with Gasteiger partial charge in [0.1, 0.15) is 5.75 Å². The minimum absolute atomic E-state index is 0.0201. The number of alkyl halides is 3. The molecule has 0 radical (unpaired) electrons. The van der Waals surface area contributed by atoms with E-state index in [0.717, 1.165) is 24.2 Å². The van der Waals surface area contributed by atoms with Crippen molar-refractivity contribution in [1.29, 1.82) is 0 Å². The van der Waals surface area contributed by atoms with Crippen LogP contribution in [-0.4, -0.2) is 51.7 Å². The summed E-state index contributed by atoms with van der Waals surface area (Å²) in [6, 6.07) is 10.3. The molecule has 10 heteroatoms. The monoisotopic (exact) mass is 487 g/mol. The first-order valence-electron chi connectivity index (χ1n) is 10.6. The molecule has 0 unspecified atom stereocenters. The highest BCUT2D eigenvalue weighted by Gasteiger charge is 2.32. The average molecular weight is 488 g/mol. The molecule has 1 aliphatic heterocycles. The number of sulfone groups is 1. The molecule has 1 fully saturated rings. The predicted molar refractivity (Wildman–Crippen MR) is 117 cm³/mol. The van der Waals surface area contributed by atoms with E-state index >= 15 is 0 Å². The molecule has 182 valence electrons. The maximum atomic E-state index is 12.8. The van der Waals surface area contributed by atoms with E-state index in [-0.39, 0.29) is 22.7 Å². The lowest BCUT2D eigenvalue weighted by Crippen LogP contribution is -2.23. The molecule has 2 aromatic rings. The van der Waals surface area contributed by atoms with E-state index in [1.165, 1.54) is 12.1 Å². The Hall–Kier alpha value is -2.46. The third-order valence-corrected chi connectivity index (χ3v) is 7.10. The van der Waals surface area contributed by atoms with Crippen molar-refractivity contribution in [2.24, 2.45) is 5.92 Å². The number of hydrogen-bond acceptors (Lipinski definition) is 6. The van der Waals surface area contributed by atoms with Crippen molar-refractivity contribution in [3.8, 4) is 17.2 Å². The van der Waals surface area contributed by atoms with Gasteiger partial charge in [0.15, 0.2) is 21.3 Å². The zero-order valence-corrected chi connectivity index (χ0v) is 19.6. The lowest BCUT2D eigenvalue weighted by atomic mass is 10.1. The molecule has 1 atom stereocenters. The molecule has 0 spiro atoms. The number of halogens is 3. The van der Waals surface area contributed by atoms with Crippen LogP contribution in [-0.2, 0) is 16.4 Å². The van der Waals surface area contributed by atoms with Crippen molar-refractivity contribution in [1.82, 2.24) is 4.90 Å². The number of methoxy groups -OCH3 is 1. The van der Waals surface area contributed by atoms with Crippen molar-refractivity contribution in [2.45, 2.75) is 44.2 Å². The first-order valence-corrected chi connectivity index (χ1v) is 12.2. The van der Waals surface area contributed by atoms with E-state index < -0.39 is 21.9 Å². The van der Waals surface area contributed by atoms with Crippen molar-refractivity contribution in [3.05, 3.63) is 48.0 Å². The Balaban J connectivity index is 1.62. The summed E-state index contributed by atoms with van der Waals surface area (Å²) in [6.07, 6.45) is -4.17. The van der Waals surface area contributed by atoms with Crippen LogP contribution >= 0.6 is 0 Å². The second kappa shape index (κ2) is 10.2. The van der Waals surface area contributed by atoms with Crippen LogP contribution in [0.4, 0.5) is 13.2 Å². The molecule has 0 N–H and O–H groups in total. The molecule has 33 heavy (non-hydrogen) atoms. The van der Waals surface area contributed by atoms with Crippen LogP contribution in [0.2, 0.25) is 0 Å². The Morgan fingerprint density at radius 3 is 2.55 bits per heavy atom. The average Bonchev–Trinajstić information content (AvgIpc) is 3.13.